The first-order valence-corrected chi connectivity index (χ1v) is 12.2. The van der Waals surface area contributed by atoms with Crippen LogP contribution in [0.25, 0.3) is 22.2 Å². The first-order chi connectivity index (χ1) is 18.0. The van der Waals surface area contributed by atoms with E-state index < -0.39 is 21.9 Å². The van der Waals surface area contributed by atoms with Crippen LogP contribution in [0.1, 0.15) is 5.56 Å². The lowest BCUT2D eigenvalue weighted by molar-refractivity contribution is -0.137. The summed E-state index contributed by atoms with van der Waals surface area (Å²) in [6, 6.07) is 19.0. The van der Waals surface area contributed by atoms with Crippen LogP contribution in [-0.4, -0.2) is 32.9 Å². The van der Waals surface area contributed by atoms with E-state index in [-0.39, 0.29) is 22.2 Å². The van der Waals surface area contributed by atoms with E-state index in [2.05, 4.69) is 25.3 Å². The van der Waals surface area contributed by atoms with Gasteiger partial charge in [0.15, 0.2) is 5.82 Å². The van der Waals surface area contributed by atoms with Crippen molar-refractivity contribution in [1.82, 2.24) is 19.9 Å². The molecule has 0 radical (unpaired) electrons. The summed E-state index contributed by atoms with van der Waals surface area (Å²) in [7, 11) is -4.00. The van der Waals surface area contributed by atoms with Crippen molar-refractivity contribution >= 4 is 38.3 Å². The highest BCUT2D eigenvalue weighted by Crippen LogP contribution is 2.32. The van der Waals surface area contributed by atoms with Crippen molar-refractivity contribution in [2.24, 2.45) is 0 Å². The molecule has 9 nitrogen and oxygen atoms in total. The van der Waals surface area contributed by atoms with Crippen LogP contribution in [0.4, 0.5) is 30.5 Å². The molecule has 0 unspecified atom stereocenters. The van der Waals surface area contributed by atoms with Crippen LogP contribution in [0.15, 0.2) is 96.4 Å². The van der Waals surface area contributed by atoms with Crippen molar-refractivity contribution in [1.29, 1.82) is 0 Å². The third kappa shape index (κ3) is 6.38. The Bertz CT molecular complexity index is 1670. The zero-order valence-electron chi connectivity index (χ0n) is 19.3. The molecular formula is C25H19F3N6O3S. The van der Waals surface area contributed by atoms with Crippen molar-refractivity contribution < 1.29 is 26.1 Å². The number of aromatic nitrogens is 4. The predicted molar refractivity (Wildman–Crippen MR) is 136 cm³/mol. The lowest BCUT2D eigenvalue weighted by atomic mass is 10.1. The molecule has 38 heavy (non-hydrogen) atoms. The van der Waals surface area contributed by atoms with Crippen molar-refractivity contribution in [2.75, 3.05) is 11.1 Å². The van der Waals surface area contributed by atoms with Crippen LogP contribution in [-0.2, 0) is 16.3 Å². The van der Waals surface area contributed by atoms with Crippen LogP contribution < -0.4 is 11.1 Å². The molecule has 3 heterocycles. The van der Waals surface area contributed by atoms with Crippen LogP contribution in [0.2, 0.25) is 0 Å². The fourth-order valence-corrected chi connectivity index (χ4v) is 3.79. The largest absolute Gasteiger partial charge is 0.417 e. The van der Waals surface area contributed by atoms with Gasteiger partial charge in [-0.15, -0.1) is 0 Å². The molecule has 3 aromatic heterocycles. The highest BCUT2D eigenvalue weighted by Gasteiger charge is 2.30. The van der Waals surface area contributed by atoms with Crippen molar-refractivity contribution in [3.63, 3.8) is 0 Å². The van der Waals surface area contributed by atoms with Gasteiger partial charge in [-0.1, -0.05) is 36.4 Å². The maximum atomic E-state index is 12.7. The summed E-state index contributed by atoms with van der Waals surface area (Å²) >= 11 is 0. The summed E-state index contributed by atoms with van der Waals surface area (Å²) in [6.45, 7) is 0. The molecule has 2 aromatic carbocycles. The average molecular weight is 541 g/mol. The first kappa shape index (κ1) is 26.4. The second kappa shape index (κ2) is 10.8. The Morgan fingerprint density at radius 2 is 1.63 bits per heavy atom. The maximum Gasteiger partial charge on any atom is 0.417 e. The molecule has 0 saturated heterocycles. The topological polar surface area (TPSA) is 144 Å². The average Bonchev–Trinajstić information content (AvgIpc) is 2.90. The Labute approximate surface area is 215 Å². The quantitative estimate of drug-likeness (QED) is 0.256. The normalized spacial score (nSPS) is 11.5. The van der Waals surface area contributed by atoms with Gasteiger partial charge in [0, 0.05) is 23.3 Å². The van der Waals surface area contributed by atoms with Gasteiger partial charge in [0.1, 0.15) is 17.8 Å². The van der Waals surface area contributed by atoms with E-state index in [0.717, 1.165) is 28.7 Å². The number of halogens is 3. The van der Waals surface area contributed by atoms with Crippen LogP contribution >= 0.6 is 0 Å². The van der Waals surface area contributed by atoms with Crippen LogP contribution in [0, 0.1) is 0 Å². The van der Waals surface area contributed by atoms with Crippen molar-refractivity contribution in [2.45, 2.75) is 11.1 Å². The highest BCUT2D eigenvalue weighted by molar-refractivity contribution is 7.85. The molecule has 0 saturated carbocycles. The molecule has 0 aliphatic heterocycles. The van der Waals surface area contributed by atoms with E-state index in [9.17, 15) is 21.6 Å². The van der Waals surface area contributed by atoms with Gasteiger partial charge in [-0.05, 0) is 36.4 Å². The minimum absolute atomic E-state index is 0.0741. The number of alkyl halides is 3. The Morgan fingerprint density at radius 3 is 2.26 bits per heavy atom. The third-order valence-corrected chi connectivity index (χ3v) is 6.01. The minimum atomic E-state index is -4.45. The lowest BCUT2D eigenvalue weighted by Crippen LogP contribution is -2.07. The van der Waals surface area contributed by atoms with Gasteiger partial charge in [0.05, 0.1) is 21.7 Å². The zero-order chi connectivity index (χ0) is 27.3. The number of rotatable bonds is 4. The number of fused-ring (bicyclic) bond motifs is 1. The Balaban J connectivity index is 0.000000283. The summed E-state index contributed by atoms with van der Waals surface area (Å²) in [5.74, 6) is 0.433. The molecule has 0 spiro atoms. The molecule has 5 aromatic rings. The number of nitrogens with one attached hydrogen (secondary N) is 1. The molecule has 13 heteroatoms. The number of nitrogen functional groups attached to an aromatic ring is 1. The fraction of sp³-hybridized carbons (Fsp3) is 0.0400. The van der Waals surface area contributed by atoms with Gasteiger partial charge in [-0.2, -0.15) is 21.6 Å². The van der Waals surface area contributed by atoms with Gasteiger partial charge >= 0.3 is 6.18 Å². The SMILES string of the molecule is Nc1c(Nc2ccc(C(F)(F)F)cn2)ncnc1-c1ccc2cccnc2c1.O=S(=O)(O)c1ccccc1. The van der Waals surface area contributed by atoms with Gasteiger partial charge in [0.2, 0.25) is 0 Å². The molecule has 0 bridgehead atoms. The zero-order valence-corrected chi connectivity index (χ0v) is 20.1. The molecule has 5 rings (SSSR count). The summed E-state index contributed by atoms with van der Waals surface area (Å²) in [5.41, 5.74) is 7.62. The summed E-state index contributed by atoms with van der Waals surface area (Å²) in [5, 5.41) is 3.81. The number of nitrogens with two attached hydrogens (primary N) is 1. The van der Waals surface area contributed by atoms with E-state index in [1.165, 1.54) is 24.5 Å². The van der Waals surface area contributed by atoms with Crippen LogP contribution in [0.3, 0.4) is 0 Å². The Hall–Kier alpha value is -4.62. The summed E-state index contributed by atoms with van der Waals surface area (Å²) < 4.78 is 67.2. The molecule has 0 amide bonds. The van der Waals surface area contributed by atoms with E-state index in [1.807, 2.05) is 30.3 Å². The fourth-order valence-electron chi connectivity index (χ4n) is 3.29. The monoisotopic (exact) mass is 540 g/mol. The Kier molecular flexibility index (Phi) is 7.50. The molecule has 4 N–H and O–H groups in total. The van der Waals surface area contributed by atoms with Crippen molar-refractivity contribution in [3.8, 4) is 11.3 Å². The molecular weight excluding hydrogens is 521 g/mol. The van der Waals surface area contributed by atoms with Gasteiger partial charge in [-0.25, -0.2) is 15.0 Å². The van der Waals surface area contributed by atoms with E-state index in [4.69, 9.17) is 10.3 Å². The minimum Gasteiger partial charge on any atom is -0.394 e. The smallest absolute Gasteiger partial charge is 0.394 e. The standard InChI is InChI=1S/C19H13F3N6.C6H6O3S/c20-19(21,22)13-5-6-15(25-9-13)28-18-16(23)17(26-10-27-18)12-4-3-11-2-1-7-24-14(11)8-12;7-10(8,9)6-4-2-1-3-5-6/h1-10H,23H2,(H,25,26,27,28);1-5H,(H,7,8,9). The molecule has 0 fully saturated rings. The van der Waals surface area contributed by atoms with Gasteiger partial charge in [0.25, 0.3) is 10.1 Å². The molecule has 0 atom stereocenters. The summed E-state index contributed by atoms with van der Waals surface area (Å²) in [6.07, 6.45) is -0.689. The van der Waals surface area contributed by atoms with E-state index in [0.29, 0.717) is 5.69 Å². The third-order valence-electron chi connectivity index (χ3n) is 5.14. The highest BCUT2D eigenvalue weighted by atomic mass is 32.2. The van der Waals surface area contributed by atoms with Gasteiger partial charge < -0.3 is 11.1 Å². The number of anilines is 3. The first-order valence-electron chi connectivity index (χ1n) is 10.8. The number of hydrogen-bond donors (Lipinski definition) is 3. The second-order valence-corrected chi connectivity index (χ2v) is 9.16. The molecule has 194 valence electrons. The van der Waals surface area contributed by atoms with E-state index >= 15 is 0 Å². The van der Waals surface area contributed by atoms with Crippen molar-refractivity contribution in [3.05, 3.63) is 97.1 Å². The van der Waals surface area contributed by atoms with E-state index in [1.54, 1.807) is 24.4 Å². The second-order valence-electron chi connectivity index (χ2n) is 7.74. The van der Waals surface area contributed by atoms with Gasteiger partial charge in [-0.3, -0.25) is 9.54 Å². The summed E-state index contributed by atoms with van der Waals surface area (Å²) in [4.78, 5) is 16.3. The predicted octanol–water partition coefficient (Wildman–Crippen LogP) is 5.36. The number of pyridine rings is 2. The Morgan fingerprint density at radius 1 is 0.868 bits per heavy atom. The lowest BCUT2D eigenvalue weighted by Gasteiger charge is -2.12. The molecule has 0 aliphatic carbocycles. The molecule has 0 aliphatic rings. The van der Waals surface area contributed by atoms with Crippen LogP contribution in [0.5, 0.6) is 0 Å². The number of nitrogens with zero attached hydrogens (tertiary/aromatic N) is 4. The number of hydrogen-bond acceptors (Lipinski definition) is 8. The number of benzene rings is 2. The maximum absolute atomic E-state index is 12.7.